The van der Waals surface area contributed by atoms with Crippen molar-refractivity contribution in [2.75, 3.05) is 42.2 Å². The summed E-state index contributed by atoms with van der Waals surface area (Å²) < 4.78 is 25.9. The van der Waals surface area contributed by atoms with Gasteiger partial charge >= 0.3 is 0 Å². The predicted molar refractivity (Wildman–Crippen MR) is 126 cm³/mol. The molecule has 5 rings (SSSR count). The molecule has 0 bridgehead atoms. The van der Waals surface area contributed by atoms with Crippen molar-refractivity contribution in [2.24, 2.45) is 0 Å². The Kier molecular flexibility index (Phi) is 5.38. The average Bonchev–Trinajstić information content (AvgIpc) is 3.23. The number of fused-ring (bicyclic) bond motifs is 1. The molecule has 164 valence electrons. The van der Waals surface area contributed by atoms with Gasteiger partial charge in [-0.15, -0.1) is 0 Å². The fourth-order valence-electron chi connectivity index (χ4n) is 4.99. The lowest BCUT2D eigenvalue weighted by Crippen LogP contribution is -2.46. The molecule has 2 aliphatic rings. The van der Waals surface area contributed by atoms with Crippen LogP contribution in [0, 0.1) is 0 Å². The smallest absolute Gasteiger partial charge is 0.175 e. The molecule has 2 aromatic heterocycles. The minimum absolute atomic E-state index is 0.369. The molecule has 7 heteroatoms. The van der Waals surface area contributed by atoms with Crippen molar-refractivity contribution in [3.8, 4) is 0 Å². The van der Waals surface area contributed by atoms with E-state index in [4.69, 9.17) is 4.98 Å². The number of pyridine rings is 1. The Bertz CT molecular complexity index is 1160. The van der Waals surface area contributed by atoms with Gasteiger partial charge in [-0.05, 0) is 43.2 Å². The first kappa shape index (κ1) is 20.4. The van der Waals surface area contributed by atoms with Crippen LogP contribution in [0.15, 0.2) is 53.7 Å². The molecule has 0 spiro atoms. The Morgan fingerprint density at radius 2 is 1.58 bits per heavy atom. The van der Waals surface area contributed by atoms with E-state index in [1.165, 1.54) is 49.3 Å². The minimum Gasteiger partial charge on any atom is -0.368 e. The van der Waals surface area contributed by atoms with Crippen LogP contribution in [-0.2, 0) is 9.84 Å². The van der Waals surface area contributed by atoms with E-state index in [1.54, 1.807) is 12.1 Å². The quantitative estimate of drug-likeness (QED) is 0.609. The van der Waals surface area contributed by atoms with E-state index in [9.17, 15) is 8.42 Å². The van der Waals surface area contributed by atoms with Crippen LogP contribution in [0.4, 0.5) is 11.5 Å². The highest BCUT2D eigenvalue weighted by Crippen LogP contribution is 2.32. The lowest BCUT2D eigenvalue weighted by molar-refractivity contribution is 0.361. The zero-order valence-corrected chi connectivity index (χ0v) is 18.9. The molecule has 2 fully saturated rings. The molecular formula is C24H30N4O2S. The van der Waals surface area contributed by atoms with Crippen molar-refractivity contribution >= 4 is 32.2 Å². The molecule has 3 aromatic rings. The summed E-state index contributed by atoms with van der Waals surface area (Å²) >= 11 is 0. The van der Waals surface area contributed by atoms with Crippen molar-refractivity contribution in [1.82, 2.24) is 9.55 Å². The van der Waals surface area contributed by atoms with Crippen LogP contribution in [0.5, 0.6) is 0 Å². The monoisotopic (exact) mass is 438 g/mol. The molecule has 1 saturated heterocycles. The van der Waals surface area contributed by atoms with Gasteiger partial charge in [0.15, 0.2) is 9.84 Å². The van der Waals surface area contributed by atoms with Crippen LogP contribution in [0.25, 0.3) is 10.9 Å². The van der Waals surface area contributed by atoms with Crippen LogP contribution < -0.4 is 9.80 Å². The summed E-state index contributed by atoms with van der Waals surface area (Å²) in [5.74, 6) is 1.05. The van der Waals surface area contributed by atoms with Crippen LogP contribution >= 0.6 is 0 Å². The summed E-state index contributed by atoms with van der Waals surface area (Å²) in [6.07, 6.45) is 12.1. The first-order valence-corrected chi connectivity index (χ1v) is 13.1. The Labute approximate surface area is 184 Å². The Morgan fingerprint density at radius 1 is 0.903 bits per heavy atom. The first-order chi connectivity index (χ1) is 15.0. The SMILES string of the molecule is CS(=O)(=O)c1ccc(N2CCN(c3cc4c(ccn4C4CCCCC4)cn3)CC2)cc1. The van der Waals surface area contributed by atoms with Crippen LogP contribution in [-0.4, -0.2) is 50.4 Å². The number of hydrogen-bond donors (Lipinski definition) is 0. The number of hydrogen-bond acceptors (Lipinski definition) is 5. The van der Waals surface area contributed by atoms with Gasteiger partial charge in [0, 0.05) is 68.0 Å². The van der Waals surface area contributed by atoms with E-state index >= 15 is 0 Å². The zero-order chi connectivity index (χ0) is 21.4. The van der Waals surface area contributed by atoms with Gasteiger partial charge in [-0.25, -0.2) is 13.4 Å². The third-order valence-electron chi connectivity index (χ3n) is 6.79. The van der Waals surface area contributed by atoms with Gasteiger partial charge < -0.3 is 14.4 Å². The maximum atomic E-state index is 11.7. The van der Waals surface area contributed by atoms with Gasteiger partial charge in [-0.3, -0.25) is 0 Å². The number of sulfone groups is 1. The number of nitrogens with zero attached hydrogens (tertiary/aromatic N) is 4. The van der Waals surface area contributed by atoms with Crippen LogP contribution in [0.2, 0.25) is 0 Å². The number of anilines is 2. The van der Waals surface area contributed by atoms with E-state index in [0.717, 1.165) is 37.7 Å². The lowest BCUT2D eigenvalue weighted by Gasteiger charge is -2.37. The summed E-state index contributed by atoms with van der Waals surface area (Å²) in [5, 5.41) is 1.22. The minimum atomic E-state index is -3.16. The maximum Gasteiger partial charge on any atom is 0.175 e. The Morgan fingerprint density at radius 3 is 2.26 bits per heavy atom. The van der Waals surface area contributed by atoms with Crippen molar-refractivity contribution in [2.45, 2.75) is 43.0 Å². The van der Waals surface area contributed by atoms with E-state index in [1.807, 2.05) is 18.3 Å². The Hall–Kier alpha value is -2.54. The molecule has 1 aliphatic carbocycles. The van der Waals surface area contributed by atoms with Gasteiger partial charge in [0.25, 0.3) is 0 Å². The first-order valence-electron chi connectivity index (χ1n) is 11.3. The van der Waals surface area contributed by atoms with E-state index < -0.39 is 9.84 Å². The average molecular weight is 439 g/mol. The van der Waals surface area contributed by atoms with Crippen molar-refractivity contribution in [3.05, 3.63) is 48.8 Å². The van der Waals surface area contributed by atoms with Crippen LogP contribution in [0.1, 0.15) is 38.1 Å². The molecule has 0 N–H and O–H groups in total. The molecule has 1 aromatic carbocycles. The second kappa shape index (κ2) is 8.19. The van der Waals surface area contributed by atoms with Crippen LogP contribution in [0.3, 0.4) is 0 Å². The van der Waals surface area contributed by atoms with E-state index in [-0.39, 0.29) is 0 Å². The van der Waals surface area contributed by atoms with Gasteiger partial charge in [0.2, 0.25) is 0 Å². The van der Waals surface area contributed by atoms with Crippen molar-refractivity contribution in [1.29, 1.82) is 0 Å². The standard InChI is InChI=1S/C24H30N4O2S/c1-31(29,30)22-9-7-20(8-10-22)26-13-15-27(16-14-26)24-17-23-19(18-25-24)11-12-28(23)21-5-3-2-4-6-21/h7-12,17-18,21H,2-6,13-16H2,1H3. The van der Waals surface area contributed by atoms with E-state index in [0.29, 0.717) is 10.9 Å². The number of rotatable bonds is 4. The molecule has 6 nitrogen and oxygen atoms in total. The third-order valence-corrected chi connectivity index (χ3v) is 7.92. The van der Waals surface area contributed by atoms with Crippen molar-refractivity contribution < 1.29 is 8.42 Å². The molecule has 0 radical (unpaired) electrons. The zero-order valence-electron chi connectivity index (χ0n) is 18.1. The number of benzene rings is 1. The highest BCUT2D eigenvalue weighted by Gasteiger charge is 2.21. The lowest BCUT2D eigenvalue weighted by atomic mass is 9.95. The molecule has 0 unspecified atom stereocenters. The van der Waals surface area contributed by atoms with Crippen molar-refractivity contribution in [3.63, 3.8) is 0 Å². The largest absolute Gasteiger partial charge is 0.368 e. The second-order valence-electron chi connectivity index (χ2n) is 8.86. The molecular weight excluding hydrogens is 408 g/mol. The fraction of sp³-hybridized carbons (Fsp3) is 0.458. The topological polar surface area (TPSA) is 58.4 Å². The van der Waals surface area contributed by atoms with Gasteiger partial charge in [0.1, 0.15) is 5.82 Å². The highest BCUT2D eigenvalue weighted by molar-refractivity contribution is 7.90. The molecule has 0 atom stereocenters. The Balaban J connectivity index is 1.30. The molecule has 1 aliphatic heterocycles. The van der Waals surface area contributed by atoms with E-state index in [2.05, 4.69) is 32.7 Å². The third kappa shape index (κ3) is 4.15. The highest BCUT2D eigenvalue weighted by atomic mass is 32.2. The number of piperazine rings is 1. The second-order valence-corrected chi connectivity index (χ2v) is 10.9. The fourth-order valence-corrected chi connectivity index (χ4v) is 5.62. The molecule has 1 saturated carbocycles. The normalized spacial score (nSPS) is 18.6. The van der Waals surface area contributed by atoms with Gasteiger partial charge in [-0.2, -0.15) is 0 Å². The summed E-state index contributed by atoms with van der Waals surface area (Å²) in [5.41, 5.74) is 2.37. The predicted octanol–water partition coefficient (Wildman–Crippen LogP) is 4.27. The van der Waals surface area contributed by atoms with Gasteiger partial charge in [0.05, 0.1) is 10.4 Å². The maximum absolute atomic E-state index is 11.7. The van der Waals surface area contributed by atoms with Gasteiger partial charge in [-0.1, -0.05) is 19.3 Å². The number of aromatic nitrogens is 2. The molecule has 31 heavy (non-hydrogen) atoms. The summed E-state index contributed by atoms with van der Waals surface area (Å²) in [6, 6.07) is 12.3. The molecule has 0 amide bonds. The summed E-state index contributed by atoms with van der Waals surface area (Å²) in [6.45, 7) is 3.58. The summed E-state index contributed by atoms with van der Waals surface area (Å²) in [7, 11) is -3.16. The molecule has 3 heterocycles. The summed E-state index contributed by atoms with van der Waals surface area (Å²) in [4.78, 5) is 9.79.